The van der Waals surface area contributed by atoms with Crippen LogP contribution in [0, 0.1) is 3.57 Å². The summed E-state index contributed by atoms with van der Waals surface area (Å²) in [5.74, 6) is 0. The predicted molar refractivity (Wildman–Crippen MR) is 86.1 cm³/mol. The average molecular weight is 405 g/mol. The maximum atomic E-state index is 12.5. The Morgan fingerprint density at radius 3 is 2.05 bits per heavy atom. The van der Waals surface area contributed by atoms with Gasteiger partial charge in [0.1, 0.15) is 0 Å². The Kier molecular flexibility index (Phi) is 5.27. The molecule has 0 heterocycles. The van der Waals surface area contributed by atoms with Crippen molar-refractivity contribution in [1.29, 1.82) is 0 Å². The van der Waals surface area contributed by atoms with E-state index in [1.54, 1.807) is 12.1 Å². The summed E-state index contributed by atoms with van der Waals surface area (Å²) >= 11 is 2.24. The lowest BCUT2D eigenvalue weighted by atomic mass is 9.98. The minimum Gasteiger partial charge on any atom is -0.313 e. The molecule has 112 valence electrons. The Morgan fingerprint density at radius 1 is 1.00 bits per heavy atom. The van der Waals surface area contributed by atoms with Crippen LogP contribution in [-0.2, 0) is 12.6 Å². The second kappa shape index (κ2) is 6.79. The van der Waals surface area contributed by atoms with E-state index < -0.39 is 11.7 Å². The molecular formula is C16H15F3IN. The second-order valence-corrected chi connectivity index (χ2v) is 6.04. The number of alkyl halides is 3. The van der Waals surface area contributed by atoms with Crippen molar-refractivity contribution in [2.75, 3.05) is 7.05 Å². The van der Waals surface area contributed by atoms with E-state index in [-0.39, 0.29) is 6.04 Å². The van der Waals surface area contributed by atoms with Gasteiger partial charge in [-0.1, -0.05) is 24.3 Å². The van der Waals surface area contributed by atoms with Crippen molar-refractivity contribution in [3.8, 4) is 0 Å². The minimum atomic E-state index is -4.28. The van der Waals surface area contributed by atoms with Crippen LogP contribution in [0.5, 0.6) is 0 Å². The summed E-state index contributed by atoms with van der Waals surface area (Å²) in [6.45, 7) is 0. The van der Waals surface area contributed by atoms with Crippen molar-refractivity contribution in [3.63, 3.8) is 0 Å². The van der Waals surface area contributed by atoms with Gasteiger partial charge in [0.2, 0.25) is 0 Å². The molecule has 0 aliphatic rings. The Bertz CT molecular complexity index is 576. The number of halogens is 4. The molecule has 0 spiro atoms. The van der Waals surface area contributed by atoms with Crippen LogP contribution < -0.4 is 5.32 Å². The molecule has 2 rings (SSSR count). The predicted octanol–water partition coefficient (Wildman–Crippen LogP) is 4.81. The number of benzene rings is 2. The molecule has 1 N–H and O–H groups in total. The fourth-order valence-electron chi connectivity index (χ4n) is 2.15. The zero-order valence-corrected chi connectivity index (χ0v) is 13.6. The van der Waals surface area contributed by atoms with Gasteiger partial charge in [-0.3, -0.25) is 0 Å². The first kappa shape index (κ1) is 16.3. The Morgan fingerprint density at radius 2 is 1.57 bits per heavy atom. The number of hydrogen-bond acceptors (Lipinski definition) is 1. The smallest absolute Gasteiger partial charge is 0.313 e. The normalized spacial score (nSPS) is 13.2. The third-order valence-corrected chi connectivity index (χ3v) is 4.06. The van der Waals surface area contributed by atoms with Gasteiger partial charge in [-0.25, -0.2) is 0 Å². The largest absolute Gasteiger partial charge is 0.416 e. The number of nitrogens with one attached hydrogen (secondary N) is 1. The molecular weight excluding hydrogens is 390 g/mol. The van der Waals surface area contributed by atoms with E-state index in [2.05, 4.69) is 27.9 Å². The molecule has 0 aromatic heterocycles. The quantitative estimate of drug-likeness (QED) is 0.720. The fraction of sp³-hybridized carbons (Fsp3) is 0.250. The molecule has 0 bridgehead atoms. The van der Waals surface area contributed by atoms with E-state index in [1.807, 2.05) is 31.3 Å². The van der Waals surface area contributed by atoms with Gasteiger partial charge in [0.05, 0.1) is 5.56 Å². The number of rotatable bonds is 4. The first-order valence-electron chi connectivity index (χ1n) is 6.49. The van der Waals surface area contributed by atoms with Crippen molar-refractivity contribution in [3.05, 3.63) is 68.8 Å². The third kappa shape index (κ3) is 4.44. The van der Waals surface area contributed by atoms with E-state index in [4.69, 9.17) is 0 Å². The summed E-state index contributed by atoms with van der Waals surface area (Å²) in [5, 5.41) is 3.21. The highest BCUT2D eigenvalue weighted by atomic mass is 127. The molecule has 21 heavy (non-hydrogen) atoms. The summed E-state index contributed by atoms with van der Waals surface area (Å²) in [6, 6.07) is 13.5. The monoisotopic (exact) mass is 405 g/mol. The molecule has 0 aliphatic carbocycles. The summed E-state index contributed by atoms with van der Waals surface area (Å²) in [4.78, 5) is 0. The van der Waals surface area contributed by atoms with Crippen LogP contribution in [0.1, 0.15) is 22.7 Å². The first-order chi connectivity index (χ1) is 9.90. The molecule has 2 aromatic rings. The molecule has 0 fully saturated rings. The van der Waals surface area contributed by atoms with Crippen LogP contribution >= 0.6 is 22.6 Å². The van der Waals surface area contributed by atoms with E-state index in [0.29, 0.717) is 6.42 Å². The van der Waals surface area contributed by atoms with Crippen LogP contribution in [-0.4, -0.2) is 7.05 Å². The van der Waals surface area contributed by atoms with E-state index >= 15 is 0 Å². The lowest BCUT2D eigenvalue weighted by Crippen LogP contribution is -2.18. The van der Waals surface area contributed by atoms with Gasteiger partial charge in [-0.05, 0) is 71.5 Å². The first-order valence-corrected chi connectivity index (χ1v) is 7.57. The Balaban J connectivity index is 2.13. The van der Waals surface area contributed by atoms with Crippen LogP contribution in [0.3, 0.4) is 0 Å². The van der Waals surface area contributed by atoms with Gasteiger partial charge < -0.3 is 5.32 Å². The maximum Gasteiger partial charge on any atom is 0.416 e. The lowest BCUT2D eigenvalue weighted by molar-refractivity contribution is -0.137. The number of hydrogen-bond donors (Lipinski definition) is 1. The zero-order chi connectivity index (χ0) is 15.5. The molecule has 5 heteroatoms. The van der Waals surface area contributed by atoms with Crippen molar-refractivity contribution in [1.82, 2.24) is 5.32 Å². The van der Waals surface area contributed by atoms with Gasteiger partial charge in [-0.15, -0.1) is 0 Å². The van der Waals surface area contributed by atoms with E-state index in [9.17, 15) is 13.2 Å². The average Bonchev–Trinajstić information content (AvgIpc) is 2.45. The van der Waals surface area contributed by atoms with Crippen molar-refractivity contribution >= 4 is 22.6 Å². The van der Waals surface area contributed by atoms with Crippen LogP contribution in [0.25, 0.3) is 0 Å². The van der Waals surface area contributed by atoms with Gasteiger partial charge in [0.15, 0.2) is 0 Å². The fourth-order valence-corrected chi connectivity index (χ4v) is 2.51. The lowest BCUT2D eigenvalue weighted by Gasteiger charge is -2.17. The van der Waals surface area contributed by atoms with Crippen molar-refractivity contribution in [2.24, 2.45) is 0 Å². The van der Waals surface area contributed by atoms with Crippen LogP contribution in [0.4, 0.5) is 13.2 Å². The van der Waals surface area contributed by atoms with Crippen molar-refractivity contribution in [2.45, 2.75) is 18.6 Å². The second-order valence-electron chi connectivity index (χ2n) is 4.79. The zero-order valence-electron chi connectivity index (χ0n) is 11.4. The van der Waals surface area contributed by atoms with Crippen LogP contribution in [0.15, 0.2) is 48.5 Å². The topological polar surface area (TPSA) is 12.0 Å². The summed E-state index contributed by atoms with van der Waals surface area (Å²) in [7, 11) is 1.85. The Labute approximate surface area is 135 Å². The summed E-state index contributed by atoms with van der Waals surface area (Å²) in [6.07, 6.45) is -3.63. The standard InChI is InChI=1S/C16H15F3IN/c1-21-15(12-4-8-14(20)9-5-12)10-11-2-6-13(7-3-11)16(17,18)19/h2-9,15,21H,10H2,1H3. The molecule has 1 unspecified atom stereocenters. The minimum absolute atomic E-state index is 0.0822. The molecule has 0 aliphatic heterocycles. The van der Waals surface area contributed by atoms with Gasteiger partial charge in [0, 0.05) is 9.61 Å². The van der Waals surface area contributed by atoms with E-state index in [0.717, 1.165) is 26.8 Å². The molecule has 0 saturated carbocycles. The van der Waals surface area contributed by atoms with Gasteiger partial charge in [-0.2, -0.15) is 13.2 Å². The Hall–Kier alpha value is -1.08. The highest BCUT2D eigenvalue weighted by Crippen LogP contribution is 2.29. The highest BCUT2D eigenvalue weighted by molar-refractivity contribution is 14.1. The summed E-state index contributed by atoms with van der Waals surface area (Å²) in [5.41, 5.74) is 1.39. The number of likely N-dealkylation sites (N-methyl/N-ethyl adjacent to an activating group) is 1. The molecule has 2 aromatic carbocycles. The third-order valence-electron chi connectivity index (χ3n) is 3.34. The maximum absolute atomic E-state index is 12.5. The molecule has 0 amide bonds. The SMILES string of the molecule is CNC(Cc1ccc(C(F)(F)F)cc1)c1ccc(I)cc1. The highest BCUT2D eigenvalue weighted by Gasteiger charge is 2.29. The van der Waals surface area contributed by atoms with E-state index in [1.165, 1.54) is 0 Å². The molecule has 1 atom stereocenters. The summed E-state index contributed by atoms with van der Waals surface area (Å²) < 4.78 is 38.8. The van der Waals surface area contributed by atoms with Crippen LogP contribution in [0.2, 0.25) is 0 Å². The molecule has 1 nitrogen and oxygen atoms in total. The van der Waals surface area contributed by atoms with Gasteiger partial charge in [0.25, 0.3) is 0 Å². The van der Waals surface area contributed by atoms with Crippen molar-refractivity contribution < 1.29 is 13.2 Å². The molecule has 0 saturated heterocycles. The van der Waals surface area contributed by atoms with Gasteiger partial charge >= 0.3 is 6.18 Å². The molecule has 0 radical (unpaired) electrons.